The molecule has 0 atom stereocenters. The van der Waals surface area contributed by atoms with Gasteiger partial charge in [0.2, 0.25) is 5.91 Å². The second-order valence-corrected chi connectivity index (χ2v) is 10.6. The lowest BCUT2D eigenvalue weighted by molar-refractivity contribution is -0.122. The third kappa shape index (κ3) is 5.52. The van der Waals surface area contributed by atoms with Crippen molar-refractivity contribution in [1.82, 2.24) is 0 Å². The van der Waals surface area contributed by atoms with E-state index in [9.17, 15) is 19.2 Å². The van der Waals surface area contributed by atoms with Gasteiger partial charge in [0.05, 0.1) is 35.2 Å². The Morgan fingerprint density at radius 2 is 1.50 bits per heavy atom. The van der Waals surface area contributed by atoms with E-state index in [1.807, 2.05) is 58.0 Å². The summed E-state index contributed by atoms with van der Waals surface area (Å²) in [6.07, 6.45) is 0. The number of fused-ring (bicyclic) bond motifs is 1. The zero-order valence-corrected chi connectivity index (χ0v) is 23.7. The Hall–Kier alpha value is -4.72. The number of hydrogen-bond acceptors (Lipinski definition) is 7. The molecule has 0 unspecified atom stereocenters. The van der Waals surface area contributed by atoms with Crippen molar-refractivity contribution < 1.29 is 28.7 Å². The van der Waals surface area contributed by atoms with E-state index in [4.69, 9.17) is 9.47 Å². The third-order valence-electron chi connectivity index (χ3n) is 6.42. The molecule has 1 aliphatic rings. The predicted octanol–water partition coefficient (Wildman–Crippen LogP) is 5.92. The summed E-state index contributed by atoms with van der Waals surface area (Å²) < 4.78 is 10.4. The maximum absolute atomic E-state index is 13.8. The molecule has 0 spiro atoms. The molecule has 8 nitrogen and oxygen atoms in total. The fraction of sp³-hybridized carbons (Fsp3) is 0.250. The monoisotopic (exact) mass is 540 g/mol. The van der Waals surface area contributed by atoms with Gasteiger partial charge in [-0.25, -0.2) is 14.5 Å². The summed E-state index contributed by atoms with van der Waals surface area (Å²) in [5.74, 6) is -1.98. The lowest BCUT2D eigenvalue weighted by atomic mass is 9.96. The molecule has 0 saturated heterocycles. The van der Waals surface area contributed by atoms with Gasteiger partial charge in [-0.2, -0.15) is 0 Å². The zero-order chi connectivity index (χ0) is 29.4. The highest BCUT2D eigenvalue weighted by Gasteiger charge is 2.39. The van der Waals surface area contributed by atoms with Gasteiger partial charge in [0.1, 0.15) is 5.60 Å². The van der Waals surface area contributed by atoms with Gasteiger partial charge >= 0.3 is 11.9 Å². The van der Waals surface area contributed by atoms with Crippen LogP contribution < -0.4 is 10.2 Å². The second-order valence-electron chi connectivity index (χ2n) is 10.6. The first-order valence-electron chi connectivity index (χ1n) is 12.8. The first kappa shape index (κ1) is 28.3. The summed E-state index contributed by atoms with van der Waals surface area (Å²) in [5.41, 5.74) is 4.30. The topological polar surface area (TPSA) is 102 Å². The average molecular weight is 541 g/mol. The average Bonchev–Trinajstić information content (AvgIpc) is 3.16. The molecule has 3 aromatic rings. The fourth-order valence-electron chi connectivity index (χ4n) is 4.63. The van der Waals surface area contributed by atoms with Crippen LogP contribution in [0.5, 0.6) is 0 Å². The molecule has 2 amide bonds. The molecular weight excluding hydrogens is 508 g/mol. The van der Waals surface area contributed by atoms with Crippen molar-refractivity contribution in [3.63, 3.8) is 0 Å². The number of carbonyl (C=O) groups is 4. The highest BCUT2D eigenvalue weighted by molar-refractivity contribution is 6.44. The summed E-state index contributed by atoms with van der Waals surface area (Å²) >= 11 is 0. The molecule has 1 heterocycles. The molecule has 0 fully saturated rings. The Kier molecular flexibility index (Phi) is 7.64. The second kappa shape index (κ2) is 10.8. The van der Waals surface area contributed by atoms with E-state index in [2.05, 4.69) is 5.32 Å². The van der Waals surface area contributed by atoms with Gasteiger partial charge < -0.3 is 14.8 Å². The SMILES string of the molecule is COC(=O)c1cc2c(cc1C)/C(=C(/Nc1ccc(C(=O)OC(C)(C)C)c(C)c1)c1ccccc1)C(=O)N2C(C)=O. The van der Waals surface area contributed by atoms with Crippen molar-refractivity contribution >= 4 is 46.4 Å². The lowest BCUT2D eigenvalue weighted by Crippen LogP contribution is -2.31. The van der Waals surface area contributed by atoms with Crippen LogP contribution in [-0.4, -0.2) is 36.5 Å². The summed E-state index contributed by atoms with van der Waals surface area (Å²) in [6, 6.07) is 17.7. The van der Waals surface area contributed by atoms with Crippen molar-refractivity contribution in [2.75, 3.05) is 17.3 Å². The van der Waals surface area contributed by atoms with Crippen molar-refractivity contribution in [2.24, 2.45) is 0 Å². The first-order chi connectivity index (χ1) is 18.8. The third-order valence-corrected chi connectivity index (χ3v) is 6.42. The molecule has 4 rings (SSSR count). The number of imide groups is 1. The summed E-state index contributed by atoms with van der Waals surface area (Å²) in [6.45, 7) is 10.3. The van der Waals surface area contributed by atoms with Crippen LogP contribution in [0.15, 0.2) is 60.7 Å². The van der Waals surface area contributed by atoms with Gasteiger partial charge in [0, 0.05) is 18.2 Å². The van der Waals surface area contributed by atoms with Crippen molar-refractivity contribution in [3.05, 3.63) is 94.0 Å². The predicted molar refractivity (Wildman–Crippen MR) is 154 cm³/mol. The summed E-state index contributed by atoms with van der Waals surface area (Å²) in [5, 5.41) is 3.37. The number of ether oxygens (including phenoxy) is 2. The maximum Gasteiger partial charge on any atom is 0.338 e. The van der Waals surface area contributed by atoms with Gasteiger partial charge in [-0.3, -0.25) is 9.59 Å². The maximum atomic E-state index is 13.8. The number of rotatable bonds is 5. The number of anilines is 2. The number of hydrogen-bond donors (Lipinski definition) is 1. The van der Waals surface area contributed by atoms with Crippen LogP contribution in [0.25, 0.3) is 11.3 Å². The van der Waals surface area contributed by atoms with E-state index >= 15 is 0 Å². The molecule has 206 valence electrons. The summed E-state index contributed by atoms with van der Waals surface area (Å²) in [4.78, 5) is 52.7. The molecule has 0 aromatic heterocycles. The van der Waals surface area contributed by atoms with Gasteiger partial charge in [0.15, 0.2) is 0 Å². The Balaban J connectivity index is 1.89. The lowest BCUT2D eigenvalue weighted by Gasteiger charge is -2.21. The fourth-order valence-corrected chi connectivity index (χ4v) is 4.63. The van der Waals surface area contributed by atoms with E-state index < -0.39 is 29.4 Å². The van der Waals surface area contributed by atoms with E-state index in [1.54, 1.807) is 31.2 Å². The van der Waals surface area contributed by atoms with Gasteiger partial charge in [-0.15, -0.1) is 0 Å². The molecule has 0 saturated carbocycles. The molecule has 1 aliphatic heterocycles. The number of aryl methyl sites for hydroxylation is 2. The number of esters is 2. The first-order valence-corrected chi connectivity index (χ1v) is 12.8. The van der Waals surface area contributed by atoms with Gasteiger partial charge in [-0.05, 0) is 81.6 Å². The summed E-state index contributed by atoms with van der Waals surface area (Å²) in [7, 11) is 1.28. The minimum atomic E-state index is -0.629. The van der Waals surface area contributed by atoms with E-state index in [0.717, 1.165) is 4.90 Å². The highest BCUT2D eigenvalue weighted by atomic mass is 16.6. The largest absolute Gasteiger partial charge is 0.465 e. The van der Waals surface area contributed by atoms with Crippen LogP contribution in [0.2, 0.25) is 0 Å². The van der Waals surface area contributed by atoms with Crippen LogP contribution in [0.4, 0.5) is 11.4 Å². The molecular formula is C32H32N2O6. The van der Waals surface area contributed by atoms with Gasteiger partial charge in [-0.1, -0.05) is 30.3 Å². The zero-order valence-electron chi connectivity index (χ0n) is 23.7. The minimum Gasteiger partial charge on any atom is -0.465 e. The number of nitrogens with zero attached hydrogens (tertiary/aromatic N) is 1. The normalized spacial score (nSPS) is 14.0. The standard InChI is InChI=1S/C32H32N2O6/c1-18-15-22(13-14-23(18)31(38)40-32(4,5)6)33-28(21-11-9-8-10-12-21)27-25-16-19(2)24(30(37)39-7)17-26(25)34(20(3)35)29(27)36/h8-17,33H,1-7H3/b28-27-. The molecule has 1 N–H and O–H groups in total. The Morgan fingerprint density at radius 1 is 0.850 bits per heavy atom. The Morgan fingerprint density at radius 3 is 2.08 bits per heavy atom. The Bertz CT molecular complexity index is 1560. The van der Waals surface area contributed by atoms with E-state index in [0.29, 0.717) is 44.9 Å². The van der Waals surface area contributed by atoms with Crippen LogP contribution >= 0.6 is 0 Å². The van der Waals surface area contributed by atoms with E-state index in [1.165, 1.54) is 20.1 Å². The molecule has 8 heteroatoms. The molecule has 3 aromatic carbocycles. The molecule has 0 bridgehead atoms. The quantitative estimate of drug-likeness (QED) is 0.317. The number of carbonyl (C=O) groups excluding carboxylic acids is 4. The molecule has 40 heavy (non-hydrogen) atoms. The smallest absolute Gasteiger partial charge is 0.338 e. The van der Waals surface area contributed by atoms with Crippen LogP contribution in [0.1, 0.15) is 70.7 Å². The number of amides is 2. The van der Waals surface area contributed by atoms with Crippen LogP contribution in [0, 0.1) is 13.8 Å². The van der Waals surface area contributed by atoms with Crippen LogP contribution in [-0.2, 0) is 19.1 Å². The highest BCUT2D eigenvalue weighted by Crippen LogP contribution is 2.43. The van der Waals surface area contributed by atoms with Crippen molar-refractivity contribution in [3.8, 4) is 0 Å². The molecule has 0 aliphatic carbocycles. The number of nitrogens with one attached hydrogen (secondary N) is 1. The number of benzene rings is 3. The minimum absolute atomic E-state index is 0.268. The van der Waals surface area contributed by atoms with E-state index in [-0.39, 0.29) is 11.1 Å². The molecule has 0 radical (unpaired) electrons. The van der Waals surface area contributed by atoms with Crippen molar-refractivity contribution in [1.29, 1.82) is 0 Å². The van der Waals surface area contributed by atoms with Crippen molar-refractivity contribution in [2.45, 2.75) is 47.1 Å². The van der Waals surface area contributed by atoms with Crippen LogP contribution in [0.3, 0.4) is 0 Å². The number of methoxy groups -OCH3 is 1. The van der Waals surface area contributed by atoms with Gasteiger partial charge in [0.25, 0.3) is 5.91 Å². The Labute approximate surface area is 233 Å².